The number of hydrogen-bond donors (Lipinski definition) is 1. The van der Waals surface area contributed by atoms with Crippen molar-refractivity contribution in [1.82, 2.24) is 10.2 Å². The zero-order chi connectivity index (χ0) is 17.7. The maximum Gasteiger partial charge on any atom is 0.323 e. The van der Waals surface area contributed by atoms with Crippen LogP contribution in [0.5, 0.6) is 0 Å². The zero-order valence-corrected chi connectivity index (χ0v) is 15.0. The van der Waals surface area contributed by atoms with Crippen LogP contribution in [0.15, 0.2) is 24.3 Å². The van der Waals surface area contributed by atoms with Gasteiger partial charge in [0.25, 0.3) is 0 Å². The Morgan fingerprint density at radius 3 is 2.54 bits per heavy atom. The van der Waals surface area contributed by atoms with Gasteiger partial charge < -0.3 is 10.1 Å². The minimum atomic E-state index is -0.266. The lowest BCUT2D eigenvalue weighted by atomic mass is 10.1. The molecule has 0 bridgehead atoms. The van der Waals surface area contributed by atoms with Gasteiger partial charge in [-0.25, -0.2) is 0 Å². The number of ether oxygens (including phenoxy) is 1. The van der Waals surface area contributed by atoms with Gasteiger partial charge in [-0.1, -0.05) is 29.8 Å². The van der Waals surface area contributed by atoms with Crippen molar-refractivity contribution in [2.24, 2.45) is 0 Å². The van der Waals surface area contributed by atoms with Gasteiger partial charge in [0, 0.05) is 25.0 Å². The molecule has 1 saturated heterocycles. The number of aryl methyl sites for hydroxylation is 2. The van der Waals surface area contributed by atoms with E-state index in [0.717, 1.165) is 6.42 Å². The Hall–Kier alpha value is -1.88. The van der Waals surface area contributed by atoms with E-state index in [1.165, 1.54) is 18.2 Å². The number of methoxy groups -OCH3 is 1. The minimum Gasteiger partial charge on any atom is -0.468 e. The van der Waals surface area contributed by atoms with Crippen molar-refractivity contribution in [3.05, 3.63) is 35.4 Å². The lowest BCUT2D eigenvalue weighted by molar-refractivity contribution is -0.146. The second kappa shape index (κ2) is 8.29. The van der Waals surface area contributed by atoms with Crippen LogP contribution in [0.2, 0.25) is 0 Å². The second-order valence-corrected chi connectivity index (χ2v) is 6.82. The molecule has 0 aliphatic carbocycles. The zero-order valence-electron chi connectivity index (χ0n) is 15.0. The summed E-state index contributed by atoms with van der Waals surface area (Å²) in [6.07, 6.45) is 1.80. The largest absolute Gasteiger partial charge is 0.468 e. The highest BCUT2D eigenvalue weighted by molar-refractivity contribution is 5.78. The van der Waals surface area contributed by atoms with Gasteiger partial charge in [0.05, 0.1) is 7.11 Å². The normalized spacial score (nSPS) is 21.0. The first kappa shape index (κ1) is 18.5. The summed E-state index contributed by atoms with van der Waals surface area (Å²) in [7, 11) is 1.41. The SMILES string of the molecule is COC(=O)[C@@H]1C[C@@H](NC(=O)CCc2ccc(C)cc2)CN1C(C)C. The number of likely N-dealkylation sites (tertiary alicyclic amines) is 1. The number of benzene rings is 1. The van der Waals surface area contributed by atoms with Crippen molar-refractivity contribution in [3.8, 4) is 0 Å². The highest BCUT2D eigenvalue weighted by Gasteiger charge is 2.39. The predicted octanol–water partition coefficient (Wildman–Crippen LogP) is 2.07. The maximum absolute atomic E-state index is 12.2. The van der Waals surface area contributed by atoms with Crippen LogP contribution in [0, 0.1) is 6.92 Å². The van der Waals surface area contributed by atoms with E-state index in [1.54, 1.807) is 0 Å². The molecule has 5 nitrogen and oxygen atoms in total. The molecule has 1 aliphatic heterocycles. The van der Waals surface area contributed by atoms with Gasteiger partial charge in [-0.05, 0) is 39.2 Å². The lowest BCUT2D eigenvalue weighted by Gasteiger charge is -2.25. The summed E-state index contributed by atoms with van der Waals surface area (Å²) in [5.74, 6) is -0.185. The standard InChI is InChI=1S/C19H28N2O3/c1-13(2)21-12-16(11-17(21)19(23)24-4)20-18(22)10-9-15-7-5-14(3)6-8-15/h5-8,13,16-17H,9-12H2,1-4H3,(H,20,22)/t16-,17+/m1/s1. The van der Waals surface area contributed by atoms with Crippen molar-refractivity contribution in [3.63, 3.8) is 0 Å². The van der Waals surface area contributed by atoms with Gasteiger partial charge in [0.2, 0.25) is 5.91 Å². The van der Waals surface area contributed by atoms with Gasteiger partial charge >= 0.3 is 5.97 Å². The number of hydrogen-bond acceptors (Lipinski definition) is 4. The lowest BCUT2D eigenvalue weighted by Crippen LogP contribution is -2.42. The molecule has 1 aliphatic rings. The molecule has 0 saturated carbocycles. The topological polar surface area (TPSA) is 58.6 Å². The molecule has 1 fully saturated rings. The summed E-state index contributed by atoms with van der Waals surface area (Å²) < 4.78 is 4.89. The fourth-order valence-corrected chi connectivity index (χ4v) is 3.22. The number of nitrogens with one attached hydrogen (secondary N) is 1. The Labute approximate surface area is 144 Å². The Morgan fingerprint density at radius 1 is 1.29 bits per heavy atom. The van der Waals surface area contributed by atoms with E-state index >= 15 is 0 Å². The first-order chi connectivity index (χ1) is 11.4. The van der Waals surface area contributed by atoms with Gasteiger partial charge in [-0.15, -0.1) is 0 Å². The van der Waals surface area contributed by atoms with E-state index in [0.29, 0.717) is 19.4 Å². The number of amides is 1. The molecule has 24 heavy (non-hydrogen) atoms. The minimum absolute atomic E-state index is 0.00187. The number of carbonyl (C=O) groups excluding carboxylic acids is 2. The summed E-state index contributed by atoms with van der Waals surface area (Å²) in [6, 6.07) is 8.22. The monoisotopic (exact) mass is 332 g/mol. The molecule has 0 radical (unpaired) electrons. The fraction of sp³-hybridized carbons (Fsp3) is 0.579. The Kier molecular flexibility index (Phi) is 6.37. The number of nitrogens with zero attached hydrogens (tertiary/aromatic N) is 1. The molecular weight excluding hydrogens is 304 g/mol. The summed E-state index contributed by atoms with van der Waals surface area (Å²) in [6.45, 7) is 6.84. The average Bonchev–Trinajstić information content (AvgIpc) is 2.97. The molecular formula is C19H28N2O3. The third-order valence-corrected chi connectivity index (χ3v) is 4.60. The van der Waals surface area contributed by atoms with Crippen LogP contribution in [-0.2, 0) is 20.7 Å². The molecule has 1 aromatic rings. The van der Waals surface area contributed by atoms with Crippen molar-refractivity contribution in [2.45, 2.75) is 58.2 Å². The number of esters is 1. The van der Waals surface area contributed by atoms with E-state index in [2.05, 4.69) is 55.3 Å². The smallest absolute Gasteiger partial charge is 0.323 e. The molecule has 1 N–H and O–H groups in total. The first-order valence-corrected chi connectivity index (χ1v) is 8.59. The summed E-state index contributed by atoms with van der Waals surface area (Å²) in [4.78, 5) is 26.2. The Morgan fingerprint density at radius 2 is 1.96 bits per heavy atom. The molecule has 0 spiro atoms. The maximum atomic E-state index is 12.2. The Balaban J connectivity index is 1.85. The molecule has 1 amide bonds. The molecule has 2 rings (SSSR count). The Bertz CT molecular complexity index is 568. The molecule has 2 atom stereocenters. The van der Waals surface area contributed by atoms with Crippen LogP contribution in [0.1, 0.15) is 37.8 Å². The van der Waals surface area contributed by atoms with Crippen molar-refractivity contribution < 1.29 is 14.3 Å². The van der Waals surface area contributed by atoms with Crippen molar-refractivity contribution >= 4 is 11.9 Å². The van der Waals surface area contributed by atoms with Gasteiger partial charge in [-0.2, -0.15) is 0 Å². The van der Waals surface area contributed by atoms with Gasteiger partial charge in [-0.3, -0.25) is 14.5 Å². The third-order valence-electron chi connectivity index (χ3n) is 4.60. The molecule has 132 valence electrons. The van der Waals surface area contributed by atoms with Gasteiger partial charge in [0.1, 0.15) is 6.04 Å². The van der Waals surface area contributed by atoms with E-state index in [-0.39, 0.29) is 30.0 Å². The molecule has 0 unspecified atom stereocenters. The fourth-order valence-electron chi connectivity index (χ4n) is 3.22. The molecule has 5 heteroatoms. The van der Waals surface area contributed by atoms with Gasteiger partial charge in [0.15, 0.2) is 0 Å². The summed E-state index contributed by atoms with van der Waals surface area (Å²) in [5, 5.41) is 3.07. The van der Waals surface area contributed by atoms with Crippen LogP contribution in [-0.4, -0.2) is 48.6 Å². The number of carbonyl (C=O) groups is 2. The highest BCUT2D eigenvalue weighted by atomic mass is 16.5. The number of rotatable bonds is 6. The van der Waals surface area contributed by atoms with Crippen LogP contribution in [0.3, 0.4) is 0 Å². The van der Waals surface area contributed by atoms with E-state index < -0.39 is 0 Å². The van der Waals surface area contributed by atoms with Crippen LogP contribution in [0.4, 0.5) is 0 Å². The third kappa shape index (κ3) is 4.81. The highest BCUT2D eigenvalue weighted by Crippen LogP contribution is 2.22. The van der Waals surface area contributed by atoms with Crippen molar-refractivity contribution in [1.29, 1.82) is 0 Å². The second-order valence-electron chi connectivity index (χ2n) is 6.82. The van der Waals surface area contributed by atoms with E-state index in [1.807, 2.05) is 0 Å². The predicted molar refractivity (Wildman–Crippen MR) is 93.7 cm³/mol. The van der Waals surface area contributed by atoms with Crippen LogP contribution >= 0.6 is 0 Å². The first-order valence-electron chi connectivity index (χ1n) is 8.59. The molecule has 1 aromatic carbocycles. The molecule has 1 heterocycles. The van der Waals surface area contributed by atoms with Crippen LogP contribution < -0.4 is 5.32 Å². The summed E-state index contributed by atoms with van der Waals surface area (Å²) in [5.41, 5.74) is 2.38. The van der Waals surface area contributed by atoms with E-state index in [9.17, 15) is 9.59 Å². The van der Waals surface area contributed by atoms with Crippen molar-refractivity contribution in [2.75, 3.05) is 13.7 Å². The van der Waals surface area contributed by atoms with Crippen LogP contribution in [0.25, 0.3) is 0 Å². The average molecular weight is 332 g/mol. The molecule has 0 aromatic heterocycles. The quantitative estimate of drug-likeness (QED) is 0.810. The summed E-state index contributed by atoms with van der Waals surface area (Å²) >= 11 is 0. The van der Waals surface area contributed by atoms with E-state index in [4.69, 9.17) is 4.74 Å².